The minimum absolute atomic E-state index is 0.0777. The zero-order valence-corrected chi connectivity index (χ0v) is 12.6. The molecule has 1 amide bonds. The van der Waals surface area contributed by atoms with Crippen LogP contribution in [-0.4, -0.2) is 57.0 Å². The molecule has 2 fully saturated rings. The molecule has 1 N–H and O–H groups in total. The van der Waals surface area contributed by atoms with Gasteiger partial charge in [0.1, 0.15) is 5.69 Å². The lowest BCUT2D eigenvalue weighted by Crippen LogP contribution is -2.52. The molecule has 22 heavy (non-hydrogen) atoms. The molecule has 1 aromatic heterocycles. The third-order valence-corrected chi connectivity index (χ3v) is 4.38. The van der Waals surface area contributed by atoms with Gasteiger partial charge in [-0.25, -0.2) is 4.79 Å². The first kappa shape index (κ1) is 15.0. The van der Waals surface area contributed by atoms with Gasteiger partial charge >= 0.3 is 5.97 Å². The molecule has 1 aliphatic carbocycles. The van der Waals surface area contributed by atoms with Gasteiger partial charge in [0.2, 0.25) is 0 Å². The smallest absolute Gasteiger partial charge is 0.334 e. The highest BCUT2D eigenvalue weighted by Gasteiger charge is 2.34. The number of carboxylic acids is 1. The molecule has 1 unspecified atom stereocenters. The Kier molecular flexibility index (Phi) is 4.15. The molecule has 0 spiro atoms. The van der Waals surface area contributed by atoms with E-state index < -0.39 is 12.1 Å². The second-order valence-electron chi connectivity index (χ2n) is 6.08. The number of nitrogens with zero attached hydrogens (tertiary/aromatic N) is 3. The van der Waals surface area contributed by atoms with Crippen molar-refractivity contribution in [3.63, 3.8) is 0 Å². The fourth-order valence-corrected chi connectivity index (χ4v) is 3.34. The molecule has 1 aromatic rings. The van der Waals surface area contributed by atoms with Crippen molar-refractivity contribution in [3.8, 4) is 0 Å². The minimum atomic E-state index is -1.03. The Morgan fingerprint density at radius 2 is 2.05 bits per heavy atom. The lowest BCUT2D eigenvalue weighted by Gasteiger charge is -2.35. The molecular formula is C15H21N3O4. The van der Waals surface area contributed by atoms with Crippen LogP contribution in [0.4, 0.5) is 0 Å². The van der Waals surface area contributed by atoms with Crippen LogP contribution in [0, 0.1) is 0 Å². The molecule has 2 atom stereocenters. The van der Waals surface area contributed by atoms with E-state index in [-0.39, 0.29) is 24.6 Å². The van der Waals surface area contributed by atoms with Crippen molar-refractivity contribution in [2.24, 2.45) is 0 Å². The summed E-state index contributed by atoms with van der Waals surface area (Å²) in [6.45, 7) is 2.26. The SMILES string of the molecule is C[C@@H]1CN(C(=O)c2ccnn2C2CCCC2)CC(C(=O)O)O1. The topological polar surface area (TPSA) is 84.7 Å². The third kappa shape index (κ3) is 2.85. The molecule has 2 aliphatic rings. The van der Waals surface area contributed by atoms with Crippen molar-refractivity contribution < 1.29 is 19.4 Å². The van der Waals surface area contributed by atoms with Crippen molar-refractivity contribution in [1.82, 2.24) is 14.7 Å². The average molecular weight is 307 g/mol. The standard InChI is InChI=1S/C15H21N3O4/c1-10-8-17(9-13(22-10)15(20)21)14(19)12-6-7-16-18(12)11-4-2-3-5-11/h6-7,10-11,13H,2-5,8-9H2,1H3,(H,20,21)/t10-,13?/m1/s1. The van der Waals surface area contributed by atoms with Gasteiger partial charge in [-0.05, 0) is 25.8 Å². The number of carbonyl (C=O) groups is 2. The van der Waals surface area contributed by atoms with Gasteiger partial charge in [-0.1, -0.05) is 12.8 Å². The molecule has 1 aliphatic heterocycles. The van der Waals surface area contributed by atoms with E-state index >= 15 is 0 Å². The molecule has 3 rings (SSSR count). The van der Waals surface area contributed by atoms with Crippen molar-refractivity contribution >= 4 is 11.9 Å². The molecule has 1 saturated carbocycles. The van der Waals surface area contributed by atoms with Gasteiger partial charge in [0.05, 0.1) is 18.7 Å². The molecule has 7 heteroatoms. The highest BCUT2D eigenvalue weighted by atomic mass is 16.5. The second-order valence-corrected chi connectivity index (χ2v) is 6.08. The molecule has 1 saturated heterocycles. The number of rotatable bonds is 3. The van der Waals surface area contributed by atoms with Gasteiger partial charge in [-0.3, -0.25) is 9.48 Å². The van der Waals surface area contributed by atoms with Crippen LogP contribution in [0.3, 0.4) is 0 Å². The summed E-state index contributed by atoms with van der Waals surface area (Å²) in [4.78, 5) is 25.5. The first-order chi connectivity index (χ1) is 10.6. The maximum absolute atomic E-state index is 12.8. The highest BCUT2D eigenvalue weighted by Crippen LogP contribution is 2.30. The van der Waals surface area contributed by atoms with Gasteiger partial charge in [0.25, 0.3) is 5.91 Å². The van der Waals surface area contributed by atoms with Crippen LogP contribution in [-0.2, 0) is 9.53 Å². The van der Waals surface area contributed by atoms with E-state index in [9.17, 15) is 9.59 Å². The zero-order valence-electron chi connectivity index (χ0n) is 12.6. The summed E-state index contributed by atoms with van der Waals surface area (Å²) in [5, 5.41) is 13.4. The second kappa shape index (κ2) is 6.08. The summed E-state index contributed by atoms with van der Waals surface area (Å²) < 4.78 is 7.17. The van der Waals surface area contributed by atoms with Gasteiger partial charge in [-0.15, -0.1) is 0 Å². The minimum Gasteiger partial charge on any atom is -0.479 e. The van der Waals surface area contributed by atoms with Crippen LogP contribution < -0.4 is 0 Å². The summed E-state index contributed by atoms with van der Waals surface area (Å²) in [6.07, 6.45) is 4.79. The van der Waals surface area contributed by atoms with Crippen molar-refractivity contribution in [2.75, 3.05) is 13.1 Å². The number of carbonyl (C=O) groups excluding carboxylic acids is 1. The molecule has 0 aromatic carbocycles. The Morgan fingerprint density at radius 1 is 1.32 bits per heavy atom. The van der Waals surface area contributed by atoms with Crippen LogP contribution in [0.15, 0.2) is 12.3 Å². The number of aromatic nitrogens is 2. The number of morpholine rings is 1. The van der Waals surface area contributed by atoms with Gasteiger partial charge in [-0.2, -0.15) is 5.10 Å². The summed E-state index contributed by atoms with van der Waals surface area (Å²) in [5.74, 6) is -1.19. The van der Waals surface area contributed by atoms with Crippen LogP contribution in [0.5, 0.6) is 0 Å². The first-order valence-electron chi connectivity index (χ1n) is 7.77. The lowest BCUT2D eigenvalue weighted by molar-refractivity contribution is -0.160. The van der Waals surface area contributed by atoms with Crippen LogP contribution in [0.25, 0.3) is 0 Å². The molecule has 0 bridgehead atoms. The van der Waals surface area contributed by atoms with E-state index in [4.69, 9.17) is 9.84 Å². The van der Waals surface area contributed by atoms with Crippen LogP contribution >= 0.6 is 0 Å². The van der Waals surface area contributed by atoms with Crippen molar-refractivity contribution in [1.29, 1.82) is 0 Å². The van der Waals surface area contributed by atoms with Crippen molar-refractivity contribution in [2.45, 2.75) is 50.9 Å². The normalized spacial score (nSPS) is 26.3. The number of aliphatic carboxylic acids is 1. The highest BCUT2D eigenvalue weighted by molar-refractivity contribution is 5.93. The molecule has 120 valence electrons. The number of hydrogen-bond acceptors (Lipinski definition) is 4. The third-order valence-electron chi connectivity index (χ3n) is 4.38. The van der Waals surface area contributed by atoms with Crippen LogP contribution in [0.2, 0.25) is 0 Å². The number of hydrogen-bond donors (Lipinski definition) is 1. The summed E-state index contributed by atoms with van der Waals surface area (Å²) >= 11 is 0. The summed E-state index contributed by atoms with van der Waals surface area (Å²) in [5.41, 5.74) is 0.546. The van der Waals surface area contributed by atoms with Crippen molar-refractivity contribution in [3.05, 3.63) is 18.0 Å². The lowest BCUT2D eigenvalue weighted by atomic mass is 10.2. The zero-order chi connectivity index (χ0) is 15.7. The Hall–Kier alpha value is -1.89. The fraction of sp³-hybridized carbons (Fsp3) is 0.667. The molecular weight excluding hydrogens is 286 g/mol. The maximum atomic E-state index is 12.8. The number of carboxylic acid groups (broad SMARTS) is 1. The van der Waals surface area contributed by atoms with Gasteiger partial charge in [0, 0.05) is 12.7 Å². The van der Waals surface area contributed by atoms with E-state index in [0.29, 0.717) is 12.2 Å². The van der Waals surface area contributed by atoms with Crippen LogP contribution in [0.1, 0.15) is 49.1 Å². The molecule has 0 radical (unpaired) electrons. The predicted octanol–water partition coefficient (Wildman–Crippen LogP) is 1.31. The van der Waals surface area contributed by atoms with E-state index in [1.54, 1.807) is 24.1 Å². The largest absolute Gasteiger partial charge is 0.479 e. The summed E-state index contributed by atoms with van der Waals surface area (Å²) in [7, 11) is 0. The summed E-state index contributed by atoms with van der Waals surface area (Å²) in [6, 6.07) is 2.00. The van der Waals surface area contributed by atoms with E-state index in [0.717, 1.165) is 25.7 Å². The molecule has 7 nitrogen and oxygen atoms in total. The maximum Gasteiger partial charge on any atom is 0.334 e. The van der Waals surface area contributed by atoms with E-state index in [1.165, 1.54) is 0 Å². The van der Waals surface area contributed by atoms with Gasteiger partial charge < -0.3 is 14.7 Å². The Bertz CT molecular complexity index is 565. The Balaban J connectivity index is 1.78. The Labute approximate surface area is 128 Å². The fourth-order valence-electron chi connectivity index (χ4n) is 3.34. The van der Waals surface area contributed by atoms with Gasteiger partial charge in [0.15, 0.2) is 6.10 Å². The van der Waals surface area contributed by atoms with E-state index in [1.807, 2.05) is 4.68 Å². The predicted molar refractivity (Wildman–Crippen MR) is 77.6 cm³/mol. The number of amides is 1. The monoisotopic (exact) mass is 307 g/mol. The van der Waals surface area contributed by atoms with E-state index in [2.05, 4.69) is 5.10 Å². The quantitative estimate of drug-likeness (QED) is 0.910. The Morgan fingerprint density at radius 3 is 2.73 bits per heavy atom. The molecule has 2 heterocycles. The average Bonchev–Trinajstić information content (AvgIpc) is 3.16. The first-order valence-corrected chi connectivity index (χ1v) is 7.77. The number of ether oxygens (including phenoxy) is 1.